The van der Waals surface area contributed by atoms with Crippen molar-refractivity contribution in [3.8, 4) is 0 Å². The van der Waals surface area contributed by atoms with Crippen LogP contribution in [0.4, 0.5) is 0 Å². The second-order valence-electron chi connectivity index (χ2n) is 11.7. The lowest BCUT2D eigenvalue weighted by atomic mass is 9.71. The number of benzene rings is 2. The molecule has 3 unspecified atom stereocenters. The van der Waals surface area contributed by atoms with Crippen LogP contribution in [0.3, 0.4) is 0 Å². The van der Waals surface area contributed by atoms with Gasteiger partial charge in [0, 0.05) is 11.5 Å². The minimum absolute atomic E-state index is 0.183. The first-order chi connectivity index (χ1) is 15.2. The van der Waals surface area contributed by atoms with Crippen LogP contribution in [0, 0.1) is 5.41 Å². The molecule has 0 spiro atoms. The Morgan fingerprint density at radius 1 is 0.848 bits per heavy atom. The summed E-state index contributed by atoms with van der Waals surface area (Å²) in [5.74, 6) is -2.35. The molecule has 1 heterocycles. The van der Waals surface area contributed by atoms with Gasteiger partial charge in [0.1, 0.15) is 0 Å². The first-order valence-electron chi connectivity index (χ1n) is 12.1. The fraction of sp³-hybridized carbons (Fsp3) is 0.586. The van der Waals surface area contributed by atoms with Crippen molar-refractivity contribution >= 4 is 0 Å². The molecule has 182 valence electrons. The van der Waals surface area contributed by atoms with Gasteiger partial charge < -0.3 is 19.3 Å². The highest BCUT2D eigenvalue weighted by molar-refractivity contribution is 5.30. The molecular weight excluding hydrogens is 412 g/mol. The summed E-state index contributed by atoms with van der Waals surface area (Å²) in [4.78, 5) is 0. The molecule has 0 radical (unpaired) electrons. The van der Waals surface area contributed by atoms with E-state index in [2.05, 4.69) is 63.2 Å². The lowest BCUT2D eigenvalue weighted by Crippen LogP contribution is -2.43. The molecule has 33 heavy (non-hydrogen) atoms. The number of hydrogen-bond donors (Lipinski definition) is 1. The van der Waals surface area contributed by atoms with Crippen molar-refractivity contribution in [3.05, 3.63) is 70.8 Å². The molecule has 0 aromatic heterocycles. The number of aliphatic hydroxyl groups is 1. The summed E-state index contributed by atoms with van der Waals surface area (Å²) >= 11 is 0. The molecule has 4 heteroatoms. The van der Waals surface area contributed by atoms with Crippen molar-refractivity contribution in [1.29, 1.82) is 0 Å². The van der Waals surface area contributed by atoms with E-state index in [-0.39, 0.29) is 16.9 Å². The molecule has 0 saturated carbocycles. The van der Waals surface area contributed by atoms with Gasteiger partial charge in [0.15, 0.2) is 11.6 Å². The predicted molar refractivity (Wildman–Crippen MR) is 133 cm³/mol. The molecule has 0 saturated heterocycles. The van der Waals surface area contributed by atoms with E-state index in [9.17, 15) is 5.11 Å². The van der Waals surface area contributed by atoms with Gasteiger partial charge in [-0.2, -0.15) is 0 Å². The maximum absolute atomic E-state index is 11.5. The minimum Gasteiger partial charge on any atom is -0.365 e. The Bertz CT molecular complexity index is 935. The Hall–Kier alpha value is -1.72. The molecule has 3 rings (SSSR count). The lowest BCUT2D eigenvalue weighted by Gasteiger charge is -2.41. The van der Waals surface area contributed by atoms with E-state index in [0.717, 1.165) is 23.1 Å². The summed E-state index contributed by atoms with van der Waals surface area (Å²) < 4.78 is 19.1. The Morgan fingerprint density at radius 3 is 2.03 bits per heavy atom. The van der Waals surface area contributed by atoms with Gasteiger partial charge in [0.05, 0.1) is 18.8 Å². The van der Waals surface area contributed by atoms with Gasteiger partial charge in [0.25, 0.3) is 0 Å². The highest BCUT2D eigenvalue weighted by Crippen LogP contribution is 2.44. The van der Waals surface area contributed by atoms with Crippen molar-refractivity contribution in [2.24, 2.45) is 5.41 Å². The maximum Gasteiger partial charge on any atom is 0.192 e. The van der Waals surface area contributed by atoms with Gasteiger partial charge in [0.2, 0.25) is 0 Å². The Morgan fingerprint density at radius 2 is 1.42 bits per heavy atom. The average Bonchev–Trinajstić information content (AvgIpc) is 2.65. The number of fused-ring (bicyclic) bond motifs is 4. The summed E-state index contributed by atoms with van der Waals surface area (Å²) in [6.07, 6.45) is 1.43. The zero-order valence-electron chi connectivity index (χ0n) is 21.7. The minimum atomic E-state index is -1.30. The summed E-state index contributed by atoms with van der Waals surface area (Å²) in [5.41, 5.74) is 3.80. The van der Waals surface area contributed by atoms with Crippen LogP contribution in [0.1, 0.15) is 83.6 Å². The van der Waals surface area contributed by atoms with Crippen LogP contribution < -0.4 is 0 Å². The highest BCUT2D eigenvalue weighted by atomic mass is 16.7. The molecule has 1 aliphatic heterocycles. The van der Waals surface area contributed by atoms with Gasteiger partial charge in [-0.15, -0.1) is 0 Å². The van der Waals surface area contributed by atoms with Crippen molar-refractivity contribution < 1.29 is 19.3 Å². The summed E-state index contributed by atoms with van der Waals surface area (Å²) in [6.45, 7) is 17.3. The van der Waals surface area contributed by atoms with E-state index in [1.165, 1.54) is 5.56 Å². The summed E-state index contributed by atoms with van der Waals surface area (Å²) in [6, 6.07) is 16.8. The zero-order chi connectivity index (χ0) is 24.5. The second-order valence-corrected chi connectivity index (χ2v) is 11.7. The van der Waals surface area contributed by atoms with Crippen molar-refractivity contribution in [2.75, 3.05) is 13.2 Å². The van der Waals surface area contributed by atoms with Gasteiger partial charge in [-0.25, -0.2) is 0 Å². The first-order valence-corrected chi connectivity index (χ1v) is 12.1. The van der Waals surface area contributed by atoms with Crippen molar-refractivity contribution in [3.63, 3.8) is 0 Å². The zero-order valence-corrected chi connectivity index (χ0v) is 21.7. The standard InChI is InChI=1S/C29H42O4/c1-26(2,3)25-23-13-9-11-21(19-23)16-18-32-29(8,33-27(4,5)6)24-14-10-12-22(20-24)15-17-31-28(25,7)30/h9-14,19-20,25,30H,15-18H2,1-8H3. The Balaban J connectivity index is 2.03. The van der Waals surface area contributed by atoms with Crippen LogP contribution in [0.5, 0.6) is 0 Å². The molecule has 2 aromatic carbocycles. The van der Waals surface area contributed by atoms with E-state index in [1.54, 1.807) is 6.92 Å². The summed E-state index contributed by atoms with van der Waals surface area (Å²) in [7, 11) is 0. The lowest BCUT2D eigenvalue weighted by molar-refractivity contribution is -0.277. The van der Waals surface area contributed by atoms with Crippen LogP contribution >= 0.6 is 0 Å². The Labute approximate surface area is 200 Å². The largest absolute Gasteiger partial charge is 0.365 e. The second kappa shape index (κ2) is 9.50. The monoisotopic (exact) mass is 454 g/mol. The molecule has 4 nitrogen and oxygen atoms in total. The van der Waals surface area contributed by atoms with Gasteiger partial charge >= 0.3 is 0 Å². The van der Waals surface area contributed by atoms with Gasteiger partial charge in [-0.05, 0) is 69.6 Å². The first kappa shape index (κ1) is 25.9. The SMILES string of the molecule is CC(C)(C)OC1(C)OCCc2cccc(c2)C(C(C)(C)C)C(C)(O)OCCc2cccc1c2. The third-order valence-electron chi connectivity index (χ3n) is 6.19. The summed E-state index contributed by atoms with van der Waals surface area (Å²) in [5, 5.41) is 11.5. The van der Waals surface area contributed by atoms with Crippen LogP contribution in [-0.4, -0.2) is 29.7 Å². The van der Waals surface area contributed by atoms with E-state index in [4.69, 9.17) is 14.2 Å². The number of hydrogen-bond acceptors (Lipinski definition) is 4. The number of ether oxygens (including phenoxy) is 3. The predicted octanol–water partition coefficient (Wildman–Crippen LogP) is 6.34. The van der Waals surface area contributed by atoms with Crippen LogP contribution in [0.2, 0.25) is 0 Å². The third kappa shape index (κ3) is 6.66. The average molecular weight is 455 g/mol. The van der Waals surface area contributed by atoms with Crippen LogP contribution in [0.15, 0.2) is 48.5 Å². The molecular formula is C29H42O4. The molecule has 2 aromatic rings. The van der Waals surface area contributed by atoms with Gasteiger partial charge in [-0.1, -0.05) is 69.3 Å². The molecule has 1 N–H and O–H groups in total. The van der Waals surface area contributed by atoms with Crippen LogP contribution in [-0.2, 0) is 32.8 Å². The van der Waals surface area contributed by atoms with E-state index in [1.807, 2.05) is 33.8 Å². The van der Waals surface area contributed by atoms with Crippen LogP contribution in [0.25, 0.3) is 0 Å². The number of rotatable bonds is 1. The molecule has 3 atom stereocenters. The molecule has 0 amide bonds. The fourth-order valence-corrected chi connectivity index (χ4v) is 5.13. The quantitative estimate of drug-likeness (QED) is 0.546. The fourth-order valence-electron chi connectivity index (χ4n) is 5.13. The Kier molecular flexibility index (Phi) is 7.45. The van der Waals surface area contributed by atoms with Crippen molar-refractivity contribution in [2.45, 2.75) is 91.3 Å². The van der Waals surface area contributed by atoms with Gasteiger partial charge in [-0.3, -0.25) is 0 Å². The third-order valence-corrected chi connectivity index (χ3v) is 6.19. The molecule has 4 bridgehead atoms. The topological polar surface area (TPSA) is 47.9 Å². The molecule has 0 aliphatic carbocycles. The smallest absolute Gasteiger partial charge is 0.192 e. The molecule has 0 fully saturated rings. The van der Waals surface area contributed by atoms with E-state index >= 15 is 0 Å². The highest BCUT2D eigenvalue weighted by Gasteiger charge is 2.42. The maximum atomic E-state index is 11.5. The van der Waals surface area contributed by atoms with E-state index < -0.39 is 11.6 Å². The van der Waals surface area contributed by atoms with Crippen molar-refractivity contribution in [1.82, 2.24) is 0 Å². The van der Waals surface area contributed by atoms with E-state index in [0.29, 0.717) is 19.6 Å². The normalized spacial score (nSPS) is 27.5. The molecule has 1 aliphatic rings.